The number of nitrogens with one attached hydrogen (secondary N) is 2. The van der Waals surface area contributed by atoms with Crippen LogP contribution < -0.4 is 15.4 Å². The van der Waals surface area contributed by atoms with E-state index in [1.54, 1.807) is 12.5 Å². The summed E-state index contributed by atoms with van der Waals surface area (Å²) in [6, 6.07) is 15.7. The van der Waals surface area contributed by atoms with Crippen molar-refractivity contribution in [1.29, 1.82) is 0 Å². The Kier molecular flexibility index (Phi) is 7.82. The molecule has 0 bridgehead atoms. The van der Waals surface area contributed by atoms with Crippen LogP contribution in [0.3, 0.4) is 0 Å². The zero-order valence-electron chi connectivity index (χ0n) is 21.8. The van der Waals surface area contributed by atoms with Gasteiger partial charge in [0.05, 0.1) is 23.2 Å². The molecule has 0 radical (unpaired) electrons. The highest BCUT2D eigenvalue weighted by molar-refractivity contribution is 7.90. The van der Waals surface area contributed by atoms with Crippen molar-refractivity contribution in [2.45, 2.75) is 20.4 Å². The number of aryl methyl sites for hydroxylation is 2. The summed E-state index contributed by atoms with van der Waals surface area (Å²) in [5, 5.41) is 10.3. The highest BCUT2D eigenvalue weighted by Gasteiger charge is 2.11. The van der Waals surface area contributed by atoms with Crippen LogP contribution in [0.1, 0.15) is 16.3 Å². The first-order chi connectivity index (χ1) is 18.7. The molecule has 0 atom stereocenters. The van der Waals surface area contributed by atoms with Gasteiger partial charge >= 0.3 is 0 Å². The van der Waals surface area contributed by atoms with E-state index in [2.05, 4.69) is 25.6 Å². The number of ether oxygens (including phenoxy) is 1. The molecule has 0 saturated heterocycles. The van der Waals surface area contributed by atoms with Gasteiger partial charge in [-0.15, -0.1) is 11.3 Å². The van der Waals surface area contributed by atoms with E-state index in [0.29, 0.717) is 24.7 Å². The van der Waals surface area contributed by atoms with E-state index in [4.69, 9.17) is 9.72 Å². The highest BCUT2D eigenvalue weighted by Crippen LogP contribution is 2.31. The molecule has 5 rings (SSSR count). The molecule has 11 heteroatoms. The topological polar surface area (TPSA) is 119 Å². The molecule has 0 saturated carbocycles. The number of hydrogen-bond donors (Lipinski definition) is 2. The quantitative estimate of drug-likeness (QED) is 0.215. The van der Waals surface area contributed by atoms with E-state index in [0.717, 1.165) is 49.9 Å². The number of rotatable bonds is 10. The number of nitrogens with zero attached hydrogens (tertiary/aromatic N) is 4. The molecule has 2 aromatic carbocycles. The van der Waals surface area contributed by atoms with Gasteiger partial charge in [-0.25, -0.2) is 23.4 Å². The second-order valence-electron chi connectivity index (χ2n) is 9.23. The van der Waals surface area contributed by atoms with Gasteiger partial charge in [0.15, 0.2) is 0 Å². The van der Waals surface area contributed by atoms with Crippen molar-refractivity contribution in [3.63, 3.8) is 0 Å². The molecule has 0 amide bonds. The minimum atomic E-state index is -2.99. The molecule has 3 aromatic heterocycles. The molecule has 0 aliphatic heterocycles. The Labute approximate surface area is 231 Å². The Balaban J connectivity index is 1.32. The average molecular weight is 561 g/mol. The third kappa shape index (κ3) is 6.94. The number of hydrogen-bond acceptors (Lipinski definition) is 10. The van der Waals surface area contributed by atoms with E-state index in [1.807, 2.05) is 67.8 Å². The summed E-state index contributed by atoms with van der Waals surface area (Å²) in [5.74, 6) is 2.24. The summed E-state index contributed by atoms with van der Waals surface area (Å²) in [6.45, 7) is 4.84. The predicted molar refractivity (Wildman–Crippen MR) is 156 cm³/mol. The Bertz CT molecular complexity index is 1720. The van der Waals surface area contributed by atoms with Gasteiger partial charge in [0.2, 0.25) is 0 Å². The number of sulfone groups is 1. The van der Waals surface area contributed by atoms with Crippen molar-refractivity contribution in [3.05, 3.63) is 82.7 Å². The molecular formula is C28H28N6O3S2. The molecule has 0 fully saturated rings. The van der Waals surface area contributed by atoms with E-state index in [-0.39, 0.29) is 5.75 Å². The van der Waals surface area contributed by atoms with Crippen molar-refractivity contribution in [2.24, 2.45) is 0 Å². The molecule has 2 N–H and O–H groups in total. The van der Waals surface area contributed by atoms with Crippen molar-refractivity contribution in [1.82, 2.24) is 25.3 Å². The predicted octanol–water partition coefficient (Wildman–Crippen LogP) is 5.44. The number of fused-ring (bicyclic) bond motifs is 1. The average Bonchev–Trinajstić information content (AvgIpc) is 3.38. The normalized spacial score (nSPS) is 11.6. The van der Waals surface area contributed by atoms with Gasteiger partial charge in [-0.05, 0) is 61.9 Å². The lowest BCUT2D eigenvalue weighted by molar-refractivity contribution is 0.476. The second kappa shape index (κ2) is 11.4. The first-order valence-corrected chi connectivity index (χ1v) is 15.2. The fourth-order valence-electron chi connectivity index (χ4n) is 3.91. The van der Waals surface area contributed by atoms with E-state index < -0.39 is 9.84 Å². The third-order valence-corrected chi connectivity index (χ3v) is 7.75. The summed E-state index contributed by atoms with van der Waals surface area (Å²) in [7, 11) is -2.99. The second-order valence-corrected chi connectivity index (χ2v) is 12.4. The Hall–Kier alpha value is -3.93. The summed E-state index contributed by atoms with van der Waals surface area (Å²) >= 11 is 1.53. The first-order valence-electron chi connectivity index (χ1n) is 12.3. The summed E-state index contributed by atoms with van der Waals surface area (Å²) in [6.07, 6.45) is 4.49. The standard InChI is InChI=1S/C28H28N6O3S2/c1-18-12-21(6-9-26(18)37-22-7-4-19(2)30-14-22)33-28-23-13-20(5-8-24(23)31-17-32-28)25-16-38-27(34-25)15-29-10-11-39(3,35)36/h4-9,12-14,16-17,29H,10-11,15H2,1-3H3,(H,31,32,33). The summed E-state index contributed by atoms with van der Waals surface area (Å²) in [5.41, 5.74) is 5.40. The maximum atomic E-state index is 11.3. The molecular weight excluding hydrogens is 532 g/mol. The van der Waals surface area contributed by atoms with Gasteiger partial charge in [-0.2, -0.15) is 0 Å². The number of aromatic nitrogens is 4. The molecule has 0 unspecified atom stereocenters. The number of pyridine rings is 1. The van der Waals surface area contributed by atoms with Gasteiger partial charge in [0.25, 0.3) is 0 Å². The van der Waals surface area contributed by atoms with Crippen LogP contribution in [0, 0.1) is 13.8 Å². The fourth-order valence-corrected chi connectivity index (χ4v) is 5.20. The largest absolute Gasteiger partial charge is 0.455 e. The lowest BCUT2D eigenvalue weighted by Crippen LogP contribution is -2.21. The number of anilines is 2. The van der Waals surface area contributed by atoms with Gasteiger partial charge in [0, 0.05) is 47.1 Å². The van der Waals surface area contributed by atoms with Crippen LogP contribution in [0.2, 0.25) is 0 Å². The van der Waals surface area contributed by atoms with E-state index in [1.165, 1.54) is 17.6 Å². The van der Waals surface area contributed by atoms with Gasteiger partial charge in [0.1, 0.15) is 38.5 Å². The van der Waals surface area contributed by atoms with Crippen LogP contribution >= 0.6 is 11.3 Å². The lowest BCUT2D eigenvalue weighted by Gasteiger charge is -2.13. The summed E-state index contributed by atoms with van der Waals surface area (Å²) < 4.78 is 28.6. The van der Waals surface area contributed by atoms with Crippen molar-refractivity contribution in [2.75, 3.05) is 23.9 Å². The Morgan fingerprint density at radius 1 is 1.00 bits per heavy atom. The van der Waals surface area contributed by atoms with Crippen LogP contribution in [-0.4, -0.2) is 46.9 Å². The maximum absolute atomic E-state index is 11.3. The Morgan fingerprint density at radius 3 is 2.64 bits per heavy atom. The number of benzene rings is 2. The zero-order valence-corrected chi connectivity index (χ0v) is 23.4. The molecule has 0 spiro atoms. The Morgan fingerprint density at radius 2 is 1.87 bits per heavy atom. The van der Waals surface area contributed by atoms with E-state index >= 15 is 0 Å². The van der Waals surface area contributed by atoms with Crippen molar-refractivity contribution >= 4 is 43.6 Å². The van der Waals surface area contributed by atoms with Gasteiger partial charge < -0.3 is 15.4 Å². The SMILES string of the molecule is Cc1ccc(Oc2ccc(Nc3ncnc4ccc(-c5csc(CNCCS(C)(=O)=O)n5)cc34)cc2C)cn1. The van der Waals surface area contributed by atoms with E-state index in [9.17, 15) is 8.42 Å². The maximum Gasteiger partial charge on any atom is 0.148 e. The minimum absolute atomic E-state index is 0.102. The number of thiazole rings is 1. The fraction of sp³-hybridized carbons (Fsp3) is 0.214. The molecule has 0 aliphatic rings. The minimum Gasteiger partial charge on any atom is -0.455 e. The smallest absolute Gasteiger partial charge is 0.148 e. The highest BCUT2D eigenvalue weighted by atomic mass is 32.2. The zero-order chi connectivity index (χ0) is 27.4. The van der Waals surface area contributed by atoms with Crippen molar-refractivity contribution < 1.29 is 13.2 Å². The lowest BCUT2D eigenvalue weighted by atomic mass is 10.1. The van der Waals surface area contributed by atoms with Gasteiger partial charge in [-0.1, -0.05) is 6.07 Å². The summed E-state index contributed by atoms with van der Waals surface area (Å²) in [4.78, 5) is 17.9. The van der Waals surface area contributed by atoms with Crippen LogP contribution in [0.15, 0.2) is 66.4 Å². The van der Waals surface area contributed by atoms with Crippen LogP contribution in [-0.2, 0) is 16.4 Å². The third-order valence-electron chi connectivity index (χ3n) is 5.96. The molecule has 9 nitrogen and oxygen atoms in total. The monoisotopic (exact) mass is 560 g/mol. The molecule has 3 heterocycles. The van der Waals surface area contributed by atoms with Crippen LogP contribution in [0.25, 0.3) is 22.2 Å². The molecule has 200 valence electrons. The first kappa shape index (κ1) is 26.7. The van der Waals surface area contributed by atoms with Crippen LogP contribution in [0.5, 0.6) is 11.5 Å². The van der Waals surface area contributed by atoms with Crippen molar-refractivity contribution in [3.8, 4) is 22.8 Å². The molecule has 0 aliphatic carbocycles. The van der Waals surface area contributed by atoms with Gasteiger partial charge in [-0.3, -0.25) is 4.98 Å². The molecule has 5 aromatic rings. The van der Waals surface area contributed by atoms with Crippen LogP contribution in [0.4, 0.5) is 11.5 Å². The molecule has 39 heavy (non-hydrogen) atoms.